The molecular weight excluding hydrogens is 388 g/mol. The summed E-state index contributed by atoms with van der Waals surface area (Å²) in [6.45, 7) is 5.84. The second kappa shape index (κ2) is 10.1. The standard InChI is InChI=1S/C20H30N2O2.C2H2O4/c1-23-19-6-4-16(13-20(19)24-2)14-21-7-9-22(10-8-21)18-12-15-3-5-17(18)11-15;3-1(4)2(5)6/h4,6,13,15,17-18H,3,5,7-12,14H2,1-2H3;(H,3,4)(H,5,6). The smallest absolute Gasteiger partial charge is 0.414 e. The molecule has 2 bridgehead atoms. The van der Waals surface area contributed by atoms with Crippen molar-refractivity contribution in [3.05, 3.63) is 23.8 Å². The number of hydrogen-bond donors (Lipinski definition) is 2. The van der Waals surface area contributed by atoms with E-state index >= 15 is 0 Å². The largest absolute Gasteiger partial charge is 0.493 e. The summed E-state index contributed by atoms with van der Waals surface area (Å²) in [5.41, 5.74) is 1.31. The second-order valence-corrected chi connectivity index (χ2v) is 8.35. The van der Waals surface area contributed by atoms with Crippen LogP contribution in [0.5, 0.6) is 11.5 Å². The van der Waals surface area contributed by atoms with Crippen molar-refractivity contribution in [2.45, 2.75) is 38.3 Å². The Morgan fingerprint density at radius 2 is 1.63 bits per heavy atom. The fourth-order valence-corrected chi connectivity index (χ4v) is 5.15. The van der Waals surface area contributed by atoms with Gasteiger partial charge in [-0.15, -0.1) is 0 Å². The minimum absolute atomic E-state index is 0.808. The van der Waals surface area contributed by atoms with Gasteiger partial charge in [-0.3, -0.25) is 9.80 Å². The predicted molar refractivity (Wildman–Crippen MR) is 111 cm³/mol. The van der Waals surface area contributed by atoms with Gasteiger partial charge in [-0.25, -0.2) is 9.59 Å². The number of aliphatic carboxylic acids is 2. The minimum atomic E-state index is -1.82. The van der Waals surface area contributed by atoms with E-state index in [1.54, 1.807) is 14.2 Å². The molecule has 30 heavy (non-hydrogen) atoms. The van der Waals surface area contributed by atoms with E-state index in [4.69, 9.17) is 29.3 Å². The summed E-state index contributed by atoms with van der Waals surface area (Å²) in [5, 5.41) is 14.8. The van der Waals surface area contributed by atoms with Gasteiger partial charge in [0.2, 0.25) is 0 Å². The van der Waals surface area contributed by atoms with Gasteiger partial charge in [0.15, 0.2) is 11.5 Å². The number of piperazine rings is 1. The number of benzene rings is 1. The lowest BCUT2D eigenvalue weighted by Gasteiger charge is -2.41. The van der Waals surface area contributed by atoms with E-state index in [-0.39, 0.29) is 0 Å². The number of fused-ring (bicyclic) bond motifs is 2. The lowest BCUT2D eigenvalue weighted by Crippen LogP contribution is -2.51. The maximum absolute atomic E-state index is 9.10. The highest BCUT2D eigenvalue weighted by molar-refractivity contribution is 6.27. The number of rotatable bonds is 5. The molecule has 1 aromatic carbocycles. The van der Waals surface area contributed by atoms with Crippen LogP contribution in [0.4, 0.5) is 0 Å². The molecule has 0 amide bonds. The van der Waals surface area contributed by atoms with Crippen LogP contribution in [0, 0.1) is 11.8 Å². The Bertz CT molecular complexity index is 735. The third-order valence-corrected chi connectivity index (χ3v) is 6.61. The molecule has 2 aliphatic carbocycles. The quantitative estimate of drug-likeness (QED) is 0.699. The molecule has 3 fully saturated rings. The maximum atomic E-state index is 9.10. The van der Waals surface area contributed by atoms with Crippen molar-refractivity contribution in [2.24, 2.45) is 11.8 Å². The molecule has 1 aliphatic heterocycles. The zero-order valence-electron chi connectivity index (χ0n) is 17.7. The van der Waals surface area contributed by atoms with Crippen molar-refractivity contribution in [2.75, 3.05) is 40.4 Å². The molecule has 0 radical (unpaired) electrons. The van der Waals surface area contributed by atoms with E-state index in [9.17, 15) is 0 Å². The van der Waals surface area contributed by atoms with E-state index in [1.165, 1.54) is 57.4 Å². The van der Waals surface area contributed by atoms with Crippen molar-refractivity contribution in [1.82, 2.24) is 9.80 Å². The molecule has 8 heteroatoms. The highest BCUT2D eigenvalue weighted by Gasteiger charge is 2.42. The van der Waals surface area contributed by atoms with Crippen LogP contribution < -0.4 is 9.47 Å². The number of nitrogens with zero attached hydrogens (tertiary/aromatic N) is 2. The monoisotopic (exact) mass is 420 g/mol. The molecule has 3 aliphatic rings. The first kappa shape index (κ1) is 22.4. The van der Waals surface area contributed by atoms with E-state index in [0.717, 1.165) is 35.9 Å². The molecule has 0 spiro atoms. The van der Waals surface area contributed by atoms with Crippen LogP contribution in [0.15, 0.2) is 18.2 Å². The second-order valence-electron chi connectivity index (χ2n) is 8.35. The summed E-state index contributed by atoms with van der Waals surface area (Å²) in [5.74, 6) is 0.0418. The van der Waals surface area contributed by atoms with Gasteiger partial charge in [0, 0.05) is 38.8 Å². The topological polar surface area (TPSA) is 99.5 Å². The van der Waals surface area contributed by atoms with Crippen molar-refractivity contribution in [3.8, 4) is 11.5 Å². The summed E-state index contributed by atoms with van der Waals surface area (Å²) >= 11 is 0. The van der Waals surface area contributed by atoms with Crippen LogP contribution in [-0.2, 0) is 16.1 Å². The van der Waals surface area contributed by atoms with Crippen LogP contribution in [0.1, 0.15) is 31.2 Å². The number of hydrogen-bond acceptors (Lipinski definition) is 6. The lowest BCUT2D eigenvalue weighted by atomic mass is 9.93. The number of ether oxygens (including phenoxy) is 2. The minimum Gasteiger partial charge on any atom is -0.493 e. The third kappa shape index (κ3) is 5.43. The Balaban J connectivity index is 0.000000377. The number of carboxylic acid groups (broad SMARTS) is 2. The molecule has 166 valence electrons. The predicted octanol–water partition coefficient (Wildman–Crippen LogP) is 2.17. The first-order chi connectivity index (χ1) is 14.4. The van der Waals surface area contributed by atoms with Gasteiger partial charge in [-0.1, -0.05) is 12.5 Å². The van der Waals surface area contributed by atoms with Gasteiger partial charge in [0.25, 0.3) is 0 Å². The van der Waals surface area contributed by atoms with Crippen LogP contribution in [0.3, 0.4) is 0 Å². The molecule has 1 aromatic rings. The molecule has 3 unspecified atom stereocenters. The molecule has 1 heterocycles. The van der Waals surface area contributed by atoms with E-state index in [1.807, 2.05) is 6.07 Å². The molecule has 4 rings (SSSR count). The first-order valence-electron chi connectivity index (χ1n) is 10.5. The molecule has 8 nitrogen and oxygen atoms in total. The SMILES string of the molecule is COc1ccc(CN2CCN(C3CC4CCC3C4)CC2)cc1OC.O=C(O)C(=O)O. The number of carbonyl (C=O) groups is 2. The van der Waals surface area contributed by atoms with Gasteiger partial charge in [-0.2, -0.15) is 0 Å². The van der Waals surface area contributed by atoms with Crippen LogP contribution >= 0.6 is 0 Å². The van der Waals surface area contributed by atoms with E-state index < -0.39 is 11.9 Å². The van der Waals surface area contributed by atoms with Crippen LogP contribution in [0.2, 0.25) is 0 Å². The Morgan fingerprint density at radius 3 is 2.13 bits per heavy atom. The van der Waals surface area contributed by atoms with Crippen molar-refractivity contribution in [1.29, 1.82) is 0 Å². The van der Waals surface area contributed by atoms with Crippen molar-refractivity contribution < 1.29 is 29.3 Å². The average Bonchev–Trinajstić information content (AvgIpc) is 3.38. The third-order valence-electron chi connectivity index (χ3n) is 6.61. The summed E-state index contributed by atoms with van der Waals surface area (Å²) < 4.78 is 10.8. The van der Waals surface area contributed by atoms with Gasteiger partial charge in [0.1, 0.15) is 0 Å². The Labute approximate surface area is 177 Å². The van der Waals surface area contributed by atoms with Gasteiger partial charge in [-0.05, 0) is 48.8 Å². The number of methoxy groups -OCH3 is 2. The molecule has 2 N–H and O–H groups in total. The molecular formula is C22H32N2O6. The van der Waals surface area contributed by atoms with Gasteiger partial charge in [0.05, 0.1) is 14.2 Å². The lowest BCUT2D eigenvalue weighted by molar-refractivity contribution is -0.159. The Hall–Kier alpha value is -2.32. The fourth-order valence-electron chi connectivity index (χ4n) is 5.15. The Kier molecular flexibility index (Phi) is 7.55. The molecule has 0 aromatic heterocycles. The van der Waals surface area contributed by atoms with E-state index in [0.29, 0.717) is 0 Å². The average molecular weight is 421 g/mol. The molecule has 1 saturated heterocycles. The van der Waals surface area contributed by atoms with E-state index in [2.05, 4.69) is 21.9 Å². The van der Waals surface area contributed by atoms with Crippen molar-refractivity contribution in [3.63, 3.8) is 0 Å². The van der Waals surface area contributed by atoms with Crippen LogP contribution in [-0.4, -0.2) is 78.4 Å². The highest BCUT2D eigenvalue weighted by Crippen LogP contribution is 2.46. The summed E-state index contributed by atoms with van der Waals surface area (Å²) in [6.07, 6.45) is 5.97. The Morgan fingerprint density at radius 1 is 0.967 bits per heavy atom. The first-order valence-corrected chi connectivity index (χ1v) is 10.5. The molecule has 2 saturated carbocycles. The van der Waals surface area contributed by atoms with Crippen LogP contribution in [0.25, 0.3) is 0 Å². The highest BCUT2D eigenvalue weighted by atomic mass is 16.5. The van der Waals surface area contributed by atoms with Crippen molar-refractivity contribution >= 4 is 11.9 Å². The van der Waals surface area contributed by atoms with Gasteiger partial charge < -0.3 is 19.7 Å². The van der Waals surface area contributed by atoms with Gasteiger partial charge >= 0.3 is 11.9 Å². The fraction of sp³-hybridized carbons (Fsp3) is 0.636. The summed E-state index contributed by atoms with van der Waals surface area (Å²) in [4.78, 5) is 23.6. The maximum Gasteiger partial charge on any atom is 0.414 e. The number of carboxylic acids is 2. The normalized spacial score (nSPS) is 26.0. The molecule has 3 atom stereocenters. The zero-order chi connectivity index (χ0) is 21.7. The summed E-state index contributed by atoms with van der Waals surface area (Å²) in [6, 6.07) is 7.18. The summed E-state index contributed by atoms with van der Waals surface area (Å²) in [7, 11) is 3.39. The zero-order valence-corrected chi connectivity index (χ0v) is 17.7.